The minimum absolute atomic E-state index is 0.0238. The predicted molar refractivity (Wildman–Crippen MR) is 93.0 cm³/mol. The molecule has 0 saturated heterocycles. The van der Waals surface area contributed by atoms with E-state index in [0.717, 1.165) is 43.2 Å². The second kappa shape index (κ2) is 6.43. The van der Waals surface area contributed by atoms with Crippen LogP contribution in [0.2, 0.25) is 0 Å². The van der Waals surface area contributed by atoms with Crippen LogP contribution in [0, 0.1) is 17.0 Å². The summed E-state index contributed by atoms with van der Waals surface area (Å²) in [6.07, 6.45) is 4.37. The number of nitro groups is 1. The molecule has 24 heavy (non-hydrogen) atoms. The number of hydrogen-bond acceptors (Lipinski definition) is 3. The van der Waals surface area contributed by atoms with Crippen LogP contribution in [0.4, 0.5) is 11.4 Å². The minimum atomic E-state index is -0.514. The van der Waals surface area contributed by atoms with Crippen molar-refractivity contribution in [2.45, 2.75) is 38.1 Å². The SMILES string of the molecule is Cc1cccc([N+](=O)[O-])c1N(C=O)C1(c2ccccc2)CCCC1. The highest BCUT2D eigenvalue weighted by molar-refractivity contribution is 5.85. The van der Waals surface area contributed by atoms with E-state index in [0.29, 0.717) is 5.69 Å². The summed E-state index contributed by atoms with van der Waals surface area (Å²) in [6, 6.07) is 14.8. The largest absolute Gasteiger partial charge is 0.298 e. The topological polar surface area (TPSA) is 63.5 Å². The van der Waals surface area contributed by atoms with E-state index in [9.17, 15) is 14.9 Å². The Kier molecular flexibility index (Phi) is 4.34. The van der Waals surface area contributed by atoms with Gasteiger partial charge in [-0.1, -0.05) is 55.3 Å². The van der Waals surface area contributed by atoms with E-state index in [4.69, 9.17) is 0 Å². The van der Waals surface area contributed by atoms with Crippen LogP contribution in [0.25, 0.3) is 0 Å². The third-order valence-electron chi connectivity index (χ3n) is 4.96. The summed E-state index contributed by atoms with van der Waals surface area (Å²) in [5, 5.41) is 11.5. The molecular formula is C19H20N2O3. The second-order valence-electron chi connectivity index (χ2n) is 6.28. The van der Waals surface area contributed by atoms with Gasteiger partial charge in [0.2, 0.25) is 6.41 Å². The van der Waals surface area contributed by atoms with Crippen LogP contribution in [0.3, 0.4) is 0 Å². The van der Waals surface area contributed by atoms with Crippen LogP contribution >= 0.6 is 0 Å². The fraction of sp³-hybridized carbons (Fsp3) is 0.316. The van der Waals surface area contributed by atoms with Crippen LogP contribution in [0.15, 0.2) is 48.5 Å². The minimum Gasteiger partial charge on any atom is -0.298 e. The molecule has 0 atom stereocenters. The first-order chi connectivity index (χ1) is 11.6. The van der Waals surface area contributed by atoms with E-state index < -0.39 is 10.5 Å². The quantitative estimate of drug-likeness (QED) is 0.467. The number of carbonyl (C=O) groups excluding carboxylic acids is 1. The highest BCUT2D eigenvalue weighted by Crippen LogP contribution is 2.48. The molecule has 5 heteroatoms. The first-order valence-corrected chi connectivity index (χ1v) is 8.14. The van der Waals surface area contributed by atoms with E-state index in [1.54, 1.807) is 11.0 Å². The fourth-order valence-electron chi connectivity index (χ4n) is 3.85. The molecule has 0 N–H and O–H groups in total. The number of aryl methyl sites for hydroxylation is 1. The Morgan fingerprint density at radius 1 is 1.08 bits per heavy atom. The Morgan fingerprint density at radius 2 is 1.75 bits per heavy atom. The highest BCUT2D eigenvalue weighted by Gasteiger charge is 2.43. The van der Waals surface area contributed by atoms with Gasteiger partial charge in [-0.15, -0.1) is 0 Å². The zero-order chi connectivity index (χ0) is 17.2. The lowest BCUT2D eigenvalue weighted by molar-refractivity contribution is -0.384. The van der Waals surface area contributed by atoms with Crippen molar-refractivity contribution in [3.8, 4) is 0 Å². The van der Waals surface area contributed by atoms with E-state index in [-0.39, 0.29) is 5.69 Å². The molecular weight excluding hydrogens is 304 g/mol. The zero-order valence-corrected chi connectivity index (χ0v) is 13.6. The number of nitro benzene ring substituents is 1. The third kappa shape index (κ3) is 2.56. The molecule has 0 bridgehead atoms. The maximum atomic E-state index is 12.1. The lowest BCUT2D eigenvalue weighted by Gasteiger charge is -2.39. The van der Waals surface area contributed by atoms with Crippen molar-refractivity contribution < 1.29 is 9.72 Å². The number of rotatable bonds is 5. The van der Waals surface area contributed by atoms with Gasteiger partial charge >= 0.3 is 0 Å². The molecule has 1 amide bonds. The lowest BCUT2D eigenvalue weighted by atomic mass is 9.85. The summed E-state index contributed by atoms with van der Waals surface area (Å²) in [6.45, 7) is 1.81. The molecule has 0 radical (unpaired) electrons. The number of nitrogens with zero attached hydrogens (tertiary/aromatic N) is 2. The van der Waals surface area contributed by atoms with Gasteiger partial charge < -0.3 is 0 Å². The summed E-state index contributed by atoms with van der Waals surface area (Å²) in [5.74, 6) is 0. The van der Waals surface area contributed by atoms with Gasteiger partial charge in [0.1, 0.15) is 5.69 Å². The smallest absolute Gasteiger partial charge is 0.293 e. The maximum Gasteiger partial charge on any atom is 0.293 e. The van der Waals surface area contributed by atoms with Gasteiger partial charge in [-0.05, 0) is 30.9 Å². The third-order valence-corrected chi connectivity index (χ3v) is 4.96. The van der Waals surface area contributed by atoms with Crippen LogP contribution in [-0.4, -0.2) is 11.3 Å². The van der Waals surface area contributed by atoms with Gasteiger partial charge in [-0.3, -0.25) is 19.8 Å². The molecule has 0 aliphatic heterocycles. The van der Waals surface area contributed by atoms with Crippen molar-refractivity contribution >= 4 is 17.8 Å². The normalized spacial score (nSPS) is 15.9. The maximum absolute atomic E-state index is 12.1. The zero-order valence-electron chi connectivity index (χ0n) is 13.6. The van der Waals surface area contributed by atoms with Gasteiger partial charge in [-0.2, -0.15) is 0 Å². The number of para-hydroxylation sites is 1. The Balaban J connectivity index is 2.21. The summed E-state index contributed by atoms with van der Waals surface area (Å²) in [5.41, 5.74) is 1.64. The highest BCUT2D eigenvalue weighted by atomic mass is 16.6. The lowest BCUT2D eigenvalue weighted by Crippen LogP contribution is -2.44. The molecule has 2 aromatic rings. The summed E-state index contributed by atoms with van der Waals surface area (Å²) in [4.78, 5) is 24.8. The Bertz CT molecular complexity index is 752. The number of benzene rings is 2. The summed E-state index contributed by atoms with van der Waals surface area (Å²) >= 11 is 0. The van der Waals surface area contributed by atoms with Crippen molar-refractivity contribution in [3.63, 3.8) is 0 Å². The summed E-state index contributed by atoms with van der Waals surface area (Å²) in [7, 11) is 0. The fourth-order valence-corrected chi connectivity index (χ4v) is 3.85. The predicted octanol–water partition coefficient (Wildman–Crippen LogP) is 4.34. The van der Waals surface area contributed by atoms with Gasteiger partial charge in [0.05, 0.1) is 10.5 Å². The van der Waals surface area contributed by atoms with Crippen molar-refractivity contribution in [2.24, 2.45) is 0 Å². The van der Waals surface area contributed by atoms with Gasteiger partial charge in [-0.25, -0.2) is 0 Å². The number of carbonyl (C=O) groups is 1. The second-order valence-corrected chi connectivity index (χ2v) is 6.28. The molecule has 0 aromatic heterocycles. The molecule has 3 rings (SSSR count). The average Bonchev–Trinajstić information content (AvgIpc) is 3.08. The van der Waals surface area contributed by atoms with Crippen molar-refractivity contribution in [2.75, 3.05) is 4.90 Å². The van der Waals surface area contributed by atoms with E-state index >= 15 is 0 Å². The van der Waals surface area contributed by atoms with Crippen LogP contribution in [0.1, 0.15) is 36.8 Å². The van der Waals surface area contributed by atoms with E-state index in [2.05, 4.69) is 0 Å². The molecule has 124 valence electrons. The number of anilines is 1. The first-order valence-electron chi connectivity index (χ1n) is 8.14. The molecule has 0 spiro atoms. The Labute approximate surface area is 141 Å². The van der Waals surface area contributed by atoms with E-state index in [1.807, 2.05) is 43.3 Å². The van der Waals surface area contributed by atoms with Crippen LogP contribution in [-0.2, 0) is 10.3 Å². The van der Waals surface area contributed by atoms with Gasteiger partial charge in [0, 0.05) is 6.07 Å². The molecule has 5 nitrogen and oxygen atoms in total. The van der Waals surface area contributed by atoms with Gasteiger partial charge in [0.15, 0.2) is 0 Å². The molecule has 0 heterocycles. The molecule has 1 saturated carbocycles. The Hall–Kier alpha value is -2.69. The van der Waals surface area contributed by atoms with Crippen LogP contribution < -0.4 is 4.90 Å². The molecule has 0 unspecified atom stereocenters. The van der Waals surface area contributed by atoms with Crippen molar-refractivity contribution in [1.29, 1.82) is 0 Å². The number of amides is 1. The summed E-state index contributed by atoms with van der Waals surface area (Å²) < 4.78 is 0. The molecule has 2 aromatic carbocycles. The molecule has 1 aliphatic carbocycles. The standard InChI is InChI=1S/C19H20N2O3/c1-15-8-7-11-17(21(23)24)18(15)20(14-22)19(12-5-6-13-19)16-9-3-2-4-10-16/h2-4,7-11,14H,5-6,12-13H2,1H3. The van der Waals surface area contributed by atoms with Crippen molar-refractivity contribution in [3.05, 3.63) is 69.8 Å². The molecule has 1 fully saturated rings. The van der Waals surface area contributed by atoms with Crippen LogP contribution in [0.5, 0.6) is 0 Å². The van der Waals surface area contributed by atoms with E-state index in [1.165, 1.54) is 6.07 Å². The monoisotopic (exact) mass is 324 g/mol. The first kappa shape index (κ1) is 16.2. The Morgan fingerprint density at radius 3 is 2.33 bits per heavy atom. The average molecular weight is 324 g/mol. The van der Waals surface area contributed by atoms with Crippen molar-refractivity contribution in [1.82, 2.24) is 0 Å². The number of hydrogen-bond donors (Lipinski definition) is 0. The van der Waals surface area contributed by atoms with Gasteiger partial charge in [0.25, 0.3) is 5.69 Å². The molecule has 1 aliphatic rings.